The summed E-state index contributed by atoms with van der Waals surface area (Å²) in [6.45, 7) is 8.37. The summed E-state index contributed by atoms with van der Waals surface area (Å²) in [5.74, 6) is 0.465. The molecule has 0 unspecified atom stereocenters. The van der Waals surface area contributed by atoms with Crippen molar-refractivity contribution in [2.24, 2.45) is 23.2 Å². The fourth-order valence-corrected chi connectivity index (χ4v) is 7.94. The van der Waals surface area contributed by atoms with Crippen molar-refractivity contribution >= 4 is 28.1 Å². The third-order valence-electron chi connectivity index (χ3n) is 8.40. The van der Waals surface area contributed by atoms with Crippen molar-refractivity contribution in [3.8, 4) is 0 Å². The van der Waals surface area contributed by atoms with Crippen molar-refractivity contribution in [3.05, 3.63) is 40.9 Å². The molecule has 2 N–H and O–H groups in total. The van der Waals surface area contributed by atoms with Crippen molar-refractivity contribution in [1.29, 1.82) is 0 Å². The molecule has 0 radical (unpaired) electrons. The number of carbonyl (C=O) groups excluding carboxylic acids is 1. The Morgan fingerprint density at radius 3 is 2.72 bits per heavy atom. The fraction of sp³-hybridized carbons (Fsp3) is 0.615. The minimum absolute atomic E-state index is 0.0331. The third-order valence-corrected chi connectivity index (χ3v) is 9.38. The molecule has 1 aromatic heterocycles. The van der Waals surface area contributed by atoms with E-state index in [9.17, 15) is 9.90 Å². The van der Waals surface area contributed by atoms with Gasteiger partial charge in [0.05, 0.1) is 11.8 Å². The Kier molecular flexibility index (Phi) is 5.79. The van der Waals surface area contributed by atoms with Gasteiger partial charge in [0, 0.05) is 35.5 Å². The van der Waals surface area contributed by atoms with Gasteiger partial charge in [-0.1, -0.05) is 39.0 Å². The van der Waals surface area contributed by atoms with Crippen LogP contribution in [0, 0.1) is 23.2 Å². The van der Waals surface area contributed by atoms with Crippen LogP contribution in [0.15, 0.2) is 30.3 Å². The highest BCUT2D eigenvalue weighted by molar-refractivity contribution is 7.15. The van der Waals surface area contributed by atoms with E-state index in [0.29, 0.717) is 0 Å². The van der Waals surface area contributed by atoms with Crippen LogP contribution in [0.25, 0.3) is 0 Å². The summed E-state index contributed by atoms with van der Waals surface area (Å²) in [7, 11) is 0. The van der Waals surface area contributed by atoms with E-state index in [1.807, 2.05) is 30.0 Å². The molecule has 2 aromatic rings. The second kappa shape index (κ2) is 8.45. The van der Waals surface area contributed by atoms with E-state index in [0.717, 1.165) is 61.7 Å². The summed E-state index contributed by atoms with van der Waals surface area (Å²) < 4.78 is 0. The van der Waals surface area contributed by atoms with Gasteiger partial charge in [0.15, 0.2) is 5.13 Å². The number of thiazole rings is 1. The lowest BCUT2D eigenvalue weighted by molar-refractivity contribution is -0.143. The summed E-state index contributed by atoms with van der Waals surface area (Å²) in [6, 6.07) is 10.2. The van der Waals surface area contributed by atoms with E-state index in [1.165, 1.54) is 4.88 Å². The molecule has 0 bridgehead atoms. The van der Waals surface area contributed by atoms with Gasteiger partial charge in [-0.15, -0.1) is 11.3 Å². The average Bonchev–Trinajstić information content (AvgIpc) is 3.43. The number of aliphatic hydroxyl groups is 1. The van der Waals surface area contributed by atoms with E-state index < -0.39 is 6.10 Å². The number of benzene rings is 1. The molecule has 172 valence electrons. The lowest BCUT2D eigenvalue weighted by Crippen LogP contribution is -2.53. The second-order valence-electron chi connectivity index (χ2n) is 10.5. The highest BCUT2D eigenvalue weighted by Crippen LogP contribution is 2.57. The first-order valence-electron chi connectivity index (χ1n) is 12.2. The predicted octanol–water partition coefficient (Wildman–Crippen LogP) is 5.20. The summed E-state index contributed by atoms with van der Waals surface area (Å²) in [6.07, 6.45) is 4.69. The molecule has 2 fully saturated rings. The van der Waals surface area contributed by atoms with Gasteiger partial charge in [0.1, 0.15) is 0 Å². The van der Waals surface area contributed by atoms with Crippen LogP contribution >= 0.6 is 11.3 Å². The number of nitrogens with one attached hydrogen (secondary N) is 1. The van der Waals surface area contributed by atoms with Crippen LogP contribution in [0.2, 0.25) is 0 Å². The molecule has 5 rings (SSSR count). The zero-order valence-corrected chi connectivity index (χ0v) is 20.2. The van der Waals surface area contributed by atoms with E-state index in [-0.39, 0.29) is 35.0 Å². The van der Waals surface area contributed by atoms with Crippen LogP contribution < -0.4 is 5.32 Å². The number of aliphatic hydroxyl groups excluding tert-OH is 1. The number of hydrogen-bond acceptors (Lipinski definition) is 5. The van der Waals surface area contributed by atoms with E-state index in [4.69, 9.17) is 4.98 Å². The minimum atomic E-state index is -0.467. The Hall–Kier alpha value is -1.92. The summed E-state index contributed by atoms with van der Waals surface area (Å²) in [5.41, 5.74) is 2.23. The summed E-state index contributed by atoms with van der Waals surface area (Å²) in [4.78, 5) is 21.4. The normalized spacial score (nSPS) is 32.8. The van der Waals surface area contributed by atoms with Crippen LogP contribution in [0.1, 0.15) is 62.9 Å². The van der Waals surface area contributed by atoms with Crippen molar-refractivity contribution in [1.82, 2.24) is 9.88 Å². The standard InChI is InChI=1S/C26H35N3O2S/c1-16(24(31)29-13-7-8-14-29)19-11-12-26(3)15-20-22(17(2)21(26)23(19)30)28-25(32-20)27-18-9-5-4-6-10-18/h4-6,9-10,16-17,19,21,23,30H,7-8,11-15H2,1-3H3,(H,27,28)/t16-,17-,19-,21+,23-,26-/m0/s1. The van der Waals surface area contributed by atoms with Crippen LogP contribution in [-0.4, -0.2) is 40.1 Å². The summed E-state index contributed by atoms with van der Waals surface area (Å²) >= 11 is 1.75. The Morgan fingerprint density at radius 2 is 2.00 bits per heavy atom. The maximum atomic E-state index is 13.1. The Balaban J connectivity index is 1.37. The number of hydrogen-bond donors (Lipinski definition) is 2. The lowest BCUT2D eigenvalue weighted by atomic mass is 9.53. The number of amides is 1. The van der Waals surface area contributed by atoms with Crippen molar-refractivity contribution < 1.29 is 9.90 Å². The third kappa shape index (κ3) is 3.75. The van der Waals surface area contributed by atoms with Gasteiger partial charge in [-0.25, -0.2) is 4.98 Å². The van der Waals surface area contributed by atoms with Crippen molar-refractivity contribution in [3.63, 3.8) is 0 Å². The molecule has 1 amide bonds. The van der Waals surface area contributed by atoms with E-state index in [2.05, 4.69) is 31.3 Å². The number of anilines is 2. The zero-order chi connectivity index (χ0) is 22.5. The van der Waals surface area contributed by atoms with Gasteiger partial charge < -0.3 is 15.3 Å². The number of fused-ring (bicyclic) bond motifs is 2. The minimum Gasteiger partial charge on any atom is -0.392 e. The maximum absolute atomic E-state index is 13.1. The number of rotatable bonds is 4. The smallest absolute Gasteiger partial charge is 0.225 e. The highest BCUT2D eigenvalue weighted by atomic mass is 32.1. The van der Waals surface area contributed by atoms with Gasteiger partial charge in [-0.2, -0.15) is 0 Å². The number of nitrogens with zero attached hydrogens (tertiary/aromatic N) is 2. The molecule has 6 atom stereocenters. The molecule has 6 heteroatoms. The highest BCUT2D eigenvalue weighted by Gasteiger charge is 2.54. The average molecular weight is 454 g/mol. The van der Waals surface area contributed by atoms with Crippen molar-refractivity contribution in [2.45, 2.75) is 64.9 Å². The zero-order valence-electron chi connectivity index (χ0n) is 19.4. The number of para-hydroxylation sites is 1. The molecule has 3 aliphatic rings. The monoisotopic (exact) mass is 453 g/mol. The first-order valence-corrected chi connectivity index (χ1v) is 13.0. The maximum Gasteiger partial charge on any atom is 0.225 e. The van der Waals surface area contributed by atoms with Crippen LogP contribution in [0.5, 0.6) is 0 Å². The van der Waals surface area contributed by atoms with Crippen LogP contribution in [0.4, 0.5) is 10.8 Å². The molecule has 2 aliphatic carbocycles. The van der Waals surface area contributed by atoms with Crippen molar-refractivity contribution in [2.75, 3.05) is 18.4 Å². The summed E-state index contributed by atoms with van der Waals surface area (Å²) in [5, 5.41) is 16.0. The van der Waals surface area contributed by atoms with Crippen LogP contribution in [0.3, 0.4) is 0 Å². The molecule has 1 aliphatic heterocycles. The molecule has 32 heavy (non-hydrogen) atoms. The quantitative estimate of drug-likeness (QED) is 0.668. The second-order valence-corrected chi connectivity index (χ2v) is 11.6. The number of carbonyl (C=O) groups is 1. The topological polar surface area (TPSA) is 65.5 Å². The molecule has 1 saturated heterocycles. The lowest BCUT2D eigenvalue weighted by Gasteiger charge is -2.53. The predicted molar refractivity (Wildman–Crippen MR) is 129 cm³/mol. The number of likely N-dealkylation sites (tertiary alicyclic amines) is 1. The van der Waals surface area contributed by atoms with Gasteiger partial charge in [0.25, 0.3) is 0 Å². The van der Waals surface area contributed by atoms with Gasteiger partial charge >= 0.3 is 0 Å². The Morgan fingerprint density at radius 1 is 1.28 bits per heavy atom. The van der Waals surface area contributed by atoms with E-state index in [1.54, 1.807) is 11.3 Å². The fourth-order valence-electron chi connectivity index (χ4n) is 6.65. The largest absolute Gasteiger partial charge is 0.392 e. The van der Waals surface area contributed by atoms with Gasteiger partial charge in [-0.05, 0) is 61.5 Å². The molecule has 2 heterocycles. The Labute approximate surface area is 195 Å². The molecular formula is C26H35N3O2S. The molecule has 1 saturated carbocycles. The van der Waals surface area contributed by atoms with Gasteiger partial charge in [-0.3, -0.25) is 4.79 Å². The molecule has 1 aromatic carbocycles. The first kappa shape index (κ1) is 21.9. The van der Waals surface area contributed by atoms with E-state index >= 15 is 0 Å². The first-order chi connectivity index (χ1) is 15.4. The molecular weight excluding hydrogens is 418 g/mol. The molecule has 0 spiro atoms. The Bertz CT molecular complexity index is 971. The molecule has 5 nitrogen and oxygen atoms in total. The van der Waals surface area contributed by atoms with Gasteiger partial charge in [0.2, 0.25) is 5.91 Å². The number of aromatic nitrogens is 1. The SMILES string of the molecule is C[C@H](C(=O)N1CCCC1)[C@@H]1CC[C@@]2(C)Cc3sc(Nc4ccccc4)nc3[C@@H](C)[C@@H]2[C@H]1O. The van der Waals surface area contributed by atoms with Crippen LogP contribution in [-0.2, 0) is 11.2 Å².